The van der Waals surface area contributed by atoms with Crippen LogP contribution < -0.4 is 15.6 Å². The van der Waals surface area contributed by atoms with Gasteiger partial charge in [0.15, 0.2) is 21.5 Å². The highest BCUT2D eigenvalue weighted by atomic mass is 79.9. The maximum atomic E-state index is 14.3. The Morgan fingerprint density at radius 3 is 2.37 bits per heavy atom. The van der Waals surface area contributed by atoms with Crippen LogP contribution in [0.4, 0.5) is 0 Å². The number of hydrogen-bond donors (Lipinski definition) is 4. The van der Waals surface area contributed by atoms with Gasteiger partial charge in [-0.15, -0.1) is 0 Å². The summed E-state index contributed by atoms with van der Waals surface area (Å²) in [5.74, 6) is -0.141. The lowest BCUT2D eigenvalue weighted by Crippen LogP contribution is -2.56. The smallest absolute Gasteiger partial charge is 0.266 e. The van der Waals surface area contributed by atoms with E-state index in [1.165, 1.54) is 12.1 Å². The maximum absolute atomic E-state index is 14.3. The summed E-state index contributed by atoms with van der Waals surface area (Å²) in [6.07, 6.45) is 3.51. The molecule has 0 radical (unpaired) electrons. The monoisotopic (exact) mass is 713 g/mol. The molecule has 1 fully saturated rings. The van der Waals surface area contributed by atoms with Crippen molar-refractivity contribution in [3.63, 3.8) is 0 Å². The SMILES string of the molecule is O=C(NNCC1(O)CCCCC1)[C@@]1(CCS(=O)(=O)c2ccccc2)N=C(c2ccc(OCCCO)cc2)O[C@H]1c1ccc(Br)cc1. The topological polar surface area (TPSA) is 147 Å². The average molecular weight is 715 g/mol. The van der Waals surface area contributed by atoms with Gasteiger partial charge in [-0.2, -0.15) is 0 Å². The summed E-state index contributed by atoms with van der Waals surface area (Å²) in [5, 5.41) is 20.1. The molecule has 246 valence electrons. The number of rotatable bonds is 14. The van der Waals surface area contributed by atoms with Crippen molar-refractivity contribution in [3.8, 4) is 5.75 Å². The van der Waals surface area contributed by atoms with E-state index in [-0.39, 0.29) is 36.1 Å². The fourth-order valence-corrected chi connectivity index (χ4v) is 7.48. The molecule has 3 aromatic carbocycles. The predicted molar refractivity (Wildman–Crippen MR) is 178 cm³/mol. The van der Waals surface area contributed by atoms with Gasteiger partial charge in [0.1, 0.15) is 5.75 Å². The highest BCUT2D eigenvalue weighted by molar-refractivity contribution is 9.10. The summed E-state index contributed by atoms with van der Waals surface area (Å²) in [6.45, 7) is 0.536. The van der Waals surface area contributed by atoms with Crippen LogP contribution in [0.2, 0.25) is 0 Å². The van der Waals surface area contributed by atoms with Crippen LogP contribution in [0.15, 0.2) is 93.2 Å². The summed E-state index contributed by atoms with van der Waals surface area (Å²) in [6, 6.07) is 22.4. The second-order valence-electron chi connectivity index (χ2n) is 11.8. The van der Waals surface area contributed by atoms with E-state index in [1.54, 1.807) is 42.5 Å². The van der Waals surface area contributed by atoms with E-state index >= 15 is 0 Å². The first-order valence-corrected chi connectivity index (χ1v) is 18.0. The third-order valence-electron chi connectivity index (χ3n) is 8.46. The van der Waals surface area contributed by atoms with Crippen LogP contribution in [0.3, 0.4) is 0 Å². The molecule has 1 heterocycles. The first-order valence-electron chi connectivity index (χ1n) is 15.5. The van der Waals surface area contributed by atoms with E-state index in [9.17, 15) is 18.3 Å². The van der Waals surface area contributed by atoms with Gasteiger partial charge in [-0.25, -0.2) is 18.8 Å². The zero-order valence-corrected chi connectivity index (χ0v) is 27.9. The molecule has 1 aliphatic heterocycles. The molecular formula is C34H40BrN3O7S. The van der Waals surface area contributed by atoms with Crippen molar-refractivity contribution < 1.29 is 32.9 Å². The van der Waals surface area contributed by atoms with Crippen molar-refractivity contribution in [2.45, 2.75) is 67.1 Å². The van der Waals surface area contributed by atoms with Crippen LogP contribution in [-0.4, -0.2) is 67.1 Å². The number of carbonyl (C=O) groups is 1. The maximum Gasteiger partial charge on any atom is 0.266 e. The predicted octanol–water partition coefficient (Wildman–Crippen LogP) is 4.65. The first-order chi connectivity index (χ1) is 22.1. The number of hydrazine groups is 1. The molecule has 0 aromatic heterocycles. The number of benzene rings is 3. The lowest BCUT2D eigenvalue weighted by atomic mass is 9.84. The van der Waals surface area contributed by atoms with Gasteiger partial charge in [-0.3, -0.25) is 10.2 Å². The quantitative estimate of drug-likeness (QED) is 0.140. The van der Waals surface area contributed by atoms with Gasteiger partial charge in [0.2, 0.25) is 5.90 Å². The number of aliphatic hydroxyl groups is 2. The Balaban J connectivity index is 1.50. The first kappa shape index (κ1) is 34.1. The Kier molecular flexibility index (Phi) is 11.2. The van der Waals surface area contributed by atoms with E-state index in [2.05, 4.69) is 26.8 Å². The van der Waals surface area contributed by atoms with Crippen LogP contribution in [0.25, 0.3) is 0 Å². The van der Waals surface area contributed by atoms with Crippen molar-refractivity contribution in [3.05, 3.63) is 94.5 Å². The molecule has 46 heavy (non-hydrogen) atoms. The molecule has 1 saturated carbocycles. The van der Waals surface area contributed by atoms with Crippen molar-refractivity contribution in [1.82, 2.24) is 10.9 Å². The molecule has 1 aliphatic carbocycles. The fraction of sp³-hybridized carbons (Fsp3) is 0.412. The van der Waals surface area contributed by atoms with Gasteiger partial charge in [0.05, 0.1) is 22.9 Å². The molecule has 2 atom stereocenters. The van der Waals surface area contributed by atoms with E-state index in [0.29, 0.717) is 42.7 Å². The number of ether oxygens (including phenoxy) is 2. The van der Waals surface area contributed by atoms with Crippen molar-refractivity contribution in [2.24, 2.45) is 4.99 Å². The Hall–Kier alpha value is -3.29. The van der Waals surface area contributed by atoms with E-state index in [4.69, 9.17) is 19.6 Å². The number of amides is 1. The lowest BCUT2D eigenvalue weighted by molar-refractivity contribution is -0.130. The Morgan fingerprint density at radius 1 is 1.00 bits per heavy atom. The third kappa shape index (κ3) is 8.16. The number of aliphatic hydroxyl groups excluding tert-OH is 1. The van der Waals surface area contributed by atoms with Gasteiger partial charge >= 0.3 is 0 Å². The zero-order valence-electron chi connectivity index (χ0n) is 25.5. The van der Waals surface area contributed by atoms with Crippen LogP contribution in [0, 0.1) is 0 Å². The highest BCUT2D eigenvalue weighted by Crippen LogP contribution is 2.43. The number of nitrogens with zero attached hydrogens (tertiary/aromatic N) is 1. The molecule has 3 aromatic rings. The van der Waals surface area contributed by atoms with Gasteiger partial charge in [-0.05, 0) is 66.9 Å². The molecule has 1 amide bonds. The molecule has 4 N–H and O–H groups in total. The van der Waals surface area contributed by atoms with Gasteiger partial charge in [0.25, 0.3) is 5.91 Å². The zero-order chi connectivity index (χ0) is 32.6. The summed E-state index contributed by atoms with van der Waals surface area (Å²) in [5.41, 5.74) is 4.29. The normalized spacial score (nSPS) is 20.8. The molecule has 2 aliphatic rings. The molecule has 12 heteroatoms. The fourth-order valence-electron chi connectivity index (χ4n) is 5.83. The Labute approximate surface area is 278 Å². The number of sulfone groups is 1. The molecule has 0 spiro atoms. The van der Waals surface area contributed by atoms with Gasteiger partial charge in [0, 0.05) is 36.0 Å². The molecule has 0 unspecified atom stereocenters. The largest absolute Gasteiger partial charge is 0.494 e. The van der Waals surface area contributed by atoms with E-state index < -0.39 is 33.0 Å². The second-order valence-corrected chi connectivity index (χ2v) is 14.8. The van der Waals surface area contributed by atoms with E-state index in [1.807, 2.05) is 24.3 Å². The molecule has 0 bridgehead atoms. The lowest BCUT2D eigenvalue weighted by Gasteiger charge is -2.34. The summed E-state index contributed by atoms with van der Waals surface area (Å²) in [4.78, 5) is 19.3. The number of nitrogens with one attached hydrogen (secondary N) is 2. The third-order valence-corrected chi connectivity index (χ3v) is 10.7. The van der Waals surface area contributed by atoms with Crippen molar-refractivity contribution in [2.75, 3.05) is 25.5 Å². The Bertz CT molecular complexity index is 1600. The van der Waals surface area contributed by atoms with Gasteiger partial charge in [-0.1, -0.05) is 65.5 Å². The summed E-state index contributed by atoms with van der Waals surface area (Å²) < 4.78 is 39.9. The van der Waals surface area contributed by atoms with Crippen LogP contribution >= 0.6 is 15.9 Å². The molecule has 10 nitrogen and oxygen atoms in total. The minimum atomic E-state index is -3.79. The van der Waals surface area contributed by atoms with Crippen LogP contribution in [-0.2, 0) is 19.4 Å². The minimum Gasteiger partial charge on any atom is -0.494 e. The molecule has 0 saturated heterocycles. The number of hydrogen-bond acceptors (Lipinski definition) is 9. The minimum absolute atomic E-state index is 0.0263. The number of aliphatic imine (C=N–C) groups is 1. The second kappa shape index (κ2) is 15.1. The van der Waals surface area contributed by atoms with Crippen molar-refractivity contribution >= 4 is 37.6 Å². The van der Waals surface area contributed by atoms with Crippen LogP contribution in [0.5, 0.6) is 5.75 Å². The molecular weight excluding hydrogens is 674 g/mol. The number of carbonyl (C=O) groups excluding carboxylic acids is 1. The standard InChI is InChI=1S/C34H40BrN3O7S/c35-27-14-10-25(11-15-27)30-34(20-23-46(42,43)29-8-3-1-4-9-29,32(40)38-36-24-33(41)18-5-2-6-19-33)37-31(45-30)26-12-16-28(17-13-26)44-22-7-21-39/h1,3-4,8-17,30,36,39,41H,2,5-7,18-24H2,(H,38,40)/t30-,34-/m0/s1. The summed E-state index contributed by atoms with van der Waals surface area (Å²) in [7, 11) is -3.79. The van der Waals surface area contributed by atoms with E-state index in [0.717, 1.165) is 23.7 Å². The average Bonchev–Trinajstić information content (AvgIpc) is 3.46. The van der Waals surface area contributed by atoms with Crippen molar-refractivity contribution in [1.29, 1.82) is 0 Å². The molecule has 5 rings (SSSR count). The summed E-state index contributed by atoms with van der Waals surface area (Å²) >= 11 is 3.46. The Morgan fingerprint density at radius 2 is 1.70 bits per heavy atom. The van der Waals surface area contributed by atoms with Gasteiger partial charge < -0.3 is 19.7 Å². The highest BCUT2D eigenvalue weighted by Gasteiger charge is 2.54. The van der Waals surface area contributed by atoms with Crippen LogP contribution in [0.1, 0.15) is 62.2 Å². The number of halogens is 1.